The maximum absolute atomic E-state index is 13.0. The maximum atomic E-state index is 13.0. The Labute approximate surface area is 165 Å². The van der Waals surface area contributed by atoms with Crippen molar-refractivity contribution in [1.82, 2.24) is 15.1 Å². The van der Waals surface area contributed by atoms with Gasteiger partial charge in [0, 0.05) is 17.8 Å². The fourth-order valence-electron chi connectivity index (χ4n) is 3.48. The number of aromatic nitrogens is 2. The van der Waals surface area contributed by atoms with Gasteiger partial charge in [0.1, 0.15) is 11.4 Å². The highest BCUT2D eigenvalue weighted by atomic mass is 16.5. The monoisotopic (exact) mass is 375 g/mol. The van der Waals surface area contributed by atoms with E-state index in [0.29, 0.717) is 29.5 Å². The van der Waals surface area contributed by atoms with Crippen molar-refractivity contribution in [2.24, 2.45) is 5.92 Å². The van der Waals surface area contributed by atoms with E-state index in [4.69, 9.17) is 9.84 Å². The summed E-state index contributed by atoms with van der Waals surface area (Å²) in [4.78, 5) is 13.0. The molecule has 144 valence electrons. The minimum absolute atomic E-state index is 0.0837. The average Bonchev–Trinajstić information content (AvgIpc) is 3.49. The summed E-state index contributed by atoms with van der Waals surface area (Å²) in [6.07, 6.45) is 4.21. The molecule has 28 heavy (non-hydrogen) atoms. The van der Waals surface area contributed by atoms with Crippen molar-refractivity contribution in [2.45, 2.75) is 32.4 Å². The smallest absolute Gasteiger partial charge is 0.255 e. The van der Waals surface area contributed by atoms with E-state index in [1.54, 1.807) is 7.11 Å². The summed E-state index contributed by atoms with van der Waals surface area (Å²) in [5.74, 6) is 1.22. The van der Waals surface area contributed by atoms with E-state index >= 15 is 0 Å². The number of methoxy groups -OCH3 is 1. The second-order valence-electron chi connectivity index (χ2n) is 7.37. The number of carbonyl (C=O) groups excluding carboxylic acids is 1. The first-order valence-corrected chi connectivity index (χ1v) is 9.71. The molecule has 1 amide bonds. The minimum Gasteiger partial charge on any atom is -0.496 e. The topological polar surface area (TPSA) is 56.2 Å². The van der Waals surface area contributed by atoms with Crippen molar-refractivity contribution < 1.29 is 9.53 Å². The number of hydrogen-bond acceptors (Lipinski definition) is 3. The molecule has 1 saturated carbocycles. The van der Waals surface area contributed by atoms with Gasteiger partial charge in [-0.25, -0.2) is 0 Å². The summed E-state index contributed by atoms with van der Waals surface area (Å²) < 4.78 is 7.34. The lowest BCUT2D eigenvalue weighted by Crippen LogP contribution is -2.34. The molecule has 1 aliphatic carbocycles. The van der Waals surface area contributed by atoms with E-state index in [0.717, 1.165) is 11.1 Å². The number of benzene rings is 2. The van der Waals surface area contributed by atoms with Crippen LogP contribution >= 0.6 is 0 Å². The predicted octanol–water partition coefficient (Wildman–Crippen LogP) is 4.14. The summed E-state index contributed by atoms with van der Waals surface area (Å²) in [6.45, 7) is 2.68. The number of carbonyl (C=O) groups is 1. The molecule has 1 aliphatic rings. The molecule has 0 bridgehead atoms. The minimum atomic E-state index is -0.0837. The number of nitrogens with zero attached hydrogens (tertiary/aromatic N) is 2. The molecule has 0 spiro atoms. The van der Waals surface area contributed by atoms with Crippen LogP contribution in [-0.4, -0.2) is 28.8 Å². The molecular weight excluding hydrogens is 350 g/mol. The van der Waals surface area contributed by atoms with Crippen molar-refractivity contribution in [2.75, 3.05) is 7.11 Å². The summed E-state index contributed by atoms with van der Waals surface area (Å²) >= 11 is 0. The molecule has 1 aromatic heterocycles. The molecule has 1 N–H and O–H groups in total. The van der Waals surface area contributed by atoms with E-state index in [2.05, 4.69) is 24.4 Å². The van der Waals surface area contributed by atoms with E-state index in [9.17, 15) is 4.79 Å². The lowest BCUT2D eigenvalue weighted by molar-refractivity contribution is 0.0936. The highest BCUT2D eigenvalue weighted by molar-refractivity contribution is 6.00. The van der Waals surface area contributed by atoms with Crippen LogP contribution in [0.25, 0.3) is 11.3 Å². The molecule has 5 heteroatoms. The van der Waals surface area contributed by atoms with Gasteiger partial charge < -0.3 is 10.1 Å². The van der Waals surface area contributed by atoms with E-state index < -0.39 is 0 Å². The zero-order valence-electron chi connectivity index (χ0n) is 16.3. The Bertz CT molecular complexity index is 961. The molecule has 4 rings (SSSR count). The van der Waals surface area contributed by atoms with Gasteiger partial charge in [-0.2, -0.15) is 5.10 Å². The largest absolute Gasteiger partial charge is 0.496 e. The summed E-state index contributed by atoms with van der Waals surface area (Å²) in [5, 5.41) is 7.90. The predicted molar refractivity (Wildman–Crippen MR) is 109 cm³/mol. The Morgan fingerprint density at radius 3 is 2.61 bits per heavy atom. The molecule has 0 unspecified atom stereocenters. The number of amides is 1. The van der Waals surface area contributed by atoms with Crippen molar-refractivity contribution in [1.29, 1.82) is 0 Å². The number of hydrogen-bond donors (Lipinski definition) is 1. The summed E-state index contributed by atoms with van der Waals surface area (Å²) in [7, 11) is 1.63. The zero-order chi connectivity index (χ0) is 19.5. The van der Waals surface area contributed by atoms with Gasteiger partial charge in [0.15, 0.2) is 0 Å². The van der Waals surface area contributed by atoms with Gasteiger partial charge in [0.05, 0.1) is 19.2 Å². The van der Waals surface area contributed by atoms with Crippen LogP contribution < -0.4 is 10.1 Å². The fourth-order valence-corrected chi connectivity index (χ4v) is 3.48. The van der Waals surface area contributed by atoms with Crippen molar-refractivity contribution in [3.05, 3.63) is 71.9 Å². The SMILES string of the molecule is COc1ccccc1-c1nn(Cc2ccccc2)cc1C(=O)N[C@H](C)C1CC1. The number of ether oxygens (including phenoxy) is 1. The van der Waals surface area contributed by atoms with Crippen LogP contribution in [0.2, 0.25) is 0 Å². The molecule has 0 aliphatic heterocycles. The molecular formula is C23H25N3O2. The average molecular weight is 375 g/mol. The van der Waals surface area contributed by atoms with Crippen LogP contribution in [0.1, 0.15) is 35.7 Å². The first-order chi connectivity index (χ1) is 13.7. The van der Waals surface area contributed by atoms with E-state index in [1.165, 1.54) is 12.8 Å². The summed E-state index contributed by atoms with van der Waals surface area (Å²) in [5.41, 5.74) is 3.18. The van der Waals surface area contributed by atoms with Crippen LogP contribution in [0.4, 0.5) is 0 Å². The standard InChI is InChI=1S/C23H25N3O2/c1-16(18-12-13-18)24-23(27)20-15-26(14-17-8-4-3-5-9-17)25-22(20)19-10-6-7-11-21(19)28-2/h3-11,15-16,18H,12-14H2,1-2H3,(H,24,27)/t16-/m1/s1. The first-order valence-electron chi connectivity index (χ1n) is 9.71. The van der Waals surface area contributed by atoms with Crippen LogP contribution in [0.5, 0.6) is 5.75 Å². The molecule has 1 heterocycles. The molecule has 1 fully saturated rings. The van der Waals surface area contributed by atoms with Gasteiger partial charge >= 0.3 is 0 Å². The van der Waals surface area contributed by atoms with Crippen LogP contribution in [-0.2, 0) is 6.54 Å². The Kier molecular flexibility index (Phi) is 5.15. The van der Waals surface area contributed by atoms with Gasteiger partial charge in [-0.05, 0) is 43.4 Å². The molecule has 1 atom stereocenters. The van der Waals surface area contributed by atoms with Crippen LogP contribution in [0.3, 0.4) is 0 Å². The van der Waals surface area contributed by atoms with Crippen molar-refractivity contribution in [3.63, 3.8) is 0 Å². The third-order valence-corrected chi connectivity index (χ3v) is 5.24. The first kappa shape index (κ1) is 18.3. The highest BCUT2D eigenvalue weighted by Crippen LogP contribution is 2.34. The third-order valence-electron chi connectivity index (χ3n) is 5.24. The zero-order valence-corrected chi connectivity index (χ0v) is 16.3. The van der Waals surface area contributed by atoms with Gasteiger partial charge in [0.25, 0.3) is 5.91 Å². The Balaban J connectivity index is 1.70. The van der Waals surface area contributed by atoms with Crippen molar-refractivity contribution in [3.8, 4) is 17.0 Å². The number of nitrogens with one attached hydrogen (secondary N) is 1. The van der Waals surface area contributed by atoms with E-state index in [-0.39, 0.29) is 11.9 Å². The van der Waals surface area contributed by atoms with Crippen molar-refractivity contribution >= 4 is 5.91 Å². The maximum Gasteiger partial charge on any atom is 0.255 e. The van der Waals surface area contributed by atoms with E-state index in [1.807, 2.05) is 53.3 Å². The highest BCUT2D eigenvalue weighted by Gasteiger charge is 2.30. The Morgan fingerprint density at radius 2 is 1.89 bits per heavy atom. The third kappa shape index (κ3) is 3.93. The molecule has 0 radical (unpaired) electrons. The lowest BCUT2D eigenvalue weighted by Gasteiger charge is -2.13. The van der Waals surface area contributed by atoms with Gasteiger partial charge in [-0.1, -0.05) is 42.5 Å². The van der Waals surface area contributed by atoms with Crippen LogP contribution in [0, 0.1) is 5.92 Å². The normalized spacial score (nSPS) is 14.5. The molecule has 3 aromatic rings. The summed E-state index contributed by atoms with van der Waals surface area (Å²) in [6, 6.07) is 18.0. The van der Waals surface area contributed by atoms with Gasteiger partial charge in [-0.3, -0.25) is 9.48 Å². The molecule has 2 aromatic carbocycles. The lowest BCUT2D eigenvalue weighted by atomic mass is 10.1. The fraction of sp³-hybridized carbons (Fsp3) is 0.304. The number of rotatable bonds is 7. The van der Waals surface area contributed by atoms with Crippen LogP contribution in [0.15, 0.2) is 60.8 Å². The quantitative estimate of drug-likeness (QED) is 0.675. The van der Waals surface area contributed by atoms with Gasteiger partial charge in [0.2, 0.25) is 0 Å². The second-order valence-corrected chi connectivity index (χ2v) is 7.37. The second kappa shape index (κ2) is 7.89. The molecule has 5 nitrogen and oxygen atoms in total. The Morgan fingerprint density at radius 1 is 1.18 bits per heavy atom. The molecule has 0 saturated heterocycles. The number of para-hydroxylation sites is 1. The Hall–Kier alpha value is -3.08. The van der Waals surface area contributed by atoms with Gasteiger partial charge in [-0.15, -0.1) is 0 Å².